The lowest BCUT2D eigenvalue weighted by Gasteiger charge is -2.31. The van der Waals surface area contributed by atoms with Crippen LogP contribution in [0.4, 0.5) is 0 Å². The topological polar surface area (TPSA) is 52.6 Å². The molecule has 1 fully saturated rings. The number of piperidine rings is 1. The zero-order chi connectivity index (χ0) is 14.4. The third-order valence-corrected chi connectivity index (χ3v) is 3.71. The molecular formula is C16H20N2O2. The molecule has 1 aliphatic heterocycles. The SMILES string of the molecule is C#CCNC(=O)CN1CCC(c2ccc(O)cc2)CC1. The average molecular weight is 272 g/mol. The molecule has 1 aromatic carbocycles. The van der Waals surface area contributed by atoms with E-state index in [0.29, 0.717) is 24.8 Å². The molecule has 1 aliphatic rings. The number of phenolic OH excluding ortho intramolecular Hbond substituents is 1. The number of carbonyl (C=O) groups is 1. The zero-order valence-corrected chi connectivity index (χ0v) is 11.5. The molecule has 4 nitrogen and oxygen atoms in total. The van der Waals surface area contributed by atoms with Crippen molar-refractivity contribution in [2.45, 2.75) is 18.8 Å². The van der Waals surface area contributed by atoms with Crippen LogP contribution in [-0.2, 0) is 4.79 Å². The van der Waals surface area contributed by atoms with Gasteiger partial charge in [-0.1, -0.05) is 18.1 Å². The number of terminal acetylenes is 1. The number of hydrogen-bond acceptors (Lipinski definition) is 3. The largest absolute Gasteiger partial charge is 0.508 e. The number of nitrogens with one attached hydrogen (secondary N) is 1. The molecule has 0 saturated carbocycles. The van der Waals surface area contributed by atoms with E-state index < -0.39 is 0 Å². The van der Waals surface area contributed by atoms with Gasteiger partial charge >= 0.3 is 0 Å². The number of hydrogen-bond donors (Lipinski definition) is 2. The third-order valence-electron chi connectivity index (χ3n) is 3.71. The predicted octanol–water partition coefficient (Wildman–Crippen LogP) is 1.32. The Morgan fingerprint density at radius 3 is 2.60 bits per heavy atom. The minimum absolute atomic E-state index is 0.00830. The second-order valence-corrected chi connectivity index (χ2v) is 5.12. The van der Waals surface area contributed by atoms with Crippen molar-refractivity contribution in [3.8, 4) is 18.1 Å². The first-order chi connectivity index (χ1) is 9.69. The van der Waals surface area contributed by atoms with E-state index in [1.54, 1.807) is 12.1 Å². The third kappa shape index (κ3) is 4.01. The Labute approximate surface area is 119 Å². The van der Waals surface area contributed by atoms with E-state index in [4.69, 9.17) is 6.42 Å². The summed E-state index contributed by atoms with van der Waals surface area (Å²) in [6.45, 7) is 2.54. The molecule has 1 saturated heterocycles. The van der Waals surface area contributed by atoms with Crippen LogP contribution in [0.2, 0.25) is 0 Å². The highest BCUT2D eigenvalue weighted by atomic mass is 16.3. The second-order valence-electron chi connectivity index (χ2n) is 5.12. The van der Waals surface area contributed by atoms with Gasteiger partial charge in [0.2, 0.25) is 5.91 Å². The summed E-state index contributed by atoms with van der Waals surface area (Å²) < 4.78 is 0. The van der Waals surface area contributed by atoms with Crippen molar-refractivity contribution < 1.29 is 9.90 Å². The van der Waals surface area contributed by atoms with Crippen LogP contribution in [0.15, 0.2) is 24.3 Å². The molecule has 1 amide bonds. The van der Waals surface area contributed by atoms with Gasteiger partial charge in [-0.15, -0.1) is 6.42 Å². The number of benzene rings is 1. The Hall–Kier alpha value is -1.99. The van der Waals surface area contributed by atoms with Gasteiger partial charge in [0.25, 0.3) is 0 Å². The molecule has 0 spiro atoms. The maximum Gasteiger partial charge on any atom is 0.234 e. The fraction of sp³-hybridized carbons (Fsp3) is 0.438. The molecule has 0 unspecified atom stereocenters. The van der Waals surface area contributed by atoms with Gasteiger partial charge in [0, 0.05) is 0 Å². The molecular weight excluding hydrogens is 252 g/mol. The summed E-state index contributed by atoms with van der Waals surface area (Å²) in [6.07, 6.45) is 7.18. The highest BCUT2D eigenvalue weighted by Crippen LogP contribution is 2.28. The van der Waals surface area contributed by atoms with Crippen LogP contribution in [0.25, 0.3) is 0 Å². The lowest BCUT2D eigenvalue weighted by Crippen LogP contribution is -2.41. The smallest absolute Gasteiger partial charge is 0.234 e. The van der Waals surface area contributed by atoms with E-state index in [2.05, 4.69) is 16.1 Å². The summed E-state index contributed by atoms with van der Waals surface area (Å²) in [5, 5.41) is 12.0. The van der Waals surface area contributed by atoms with E-state index in [1.165, 1.54) is 5.56 Å². The van der Waals surface area contributed by atoms with Crippen LogP contribution >= 0.6 is 0 Å². The number of carbonyl (C=O) groups excluding carboxylic acids is 1. The van der Waals surface area contributed by atoms with Crippen LogP contribution in [-0.4, -0.2) is 42.1 Å². The molecule has 1 heterocycles. The summed E-state index contributed by atoms with van der Waals surface area (Å²) in [7, 11) is 0. The maximum atomic E-state index is 11.6. The highest BCUT2D eigenvalue weighted by molar-refractivity contribution is 5.78. The Balaban J connectivity index is 1.79. The van der Waals surface area contributed by atoms with Crippen LogP contribution in [0.1, 0.15) is 24.3 Å². The lowest BCUT2D eigenvalue weighted by atomic mass is 9.89. The fourth-order valence-electron chi connectivity index (χ4n) is 2.58. The first kappa shape index (κ1) is 14.4. The quantitative estimate of drug-likeness (QED) is 0.813. The number of nitrogens with zero attached hydrogens (tertiary/aromatic N) is 1. The van der Waals surface area contributed by atoms with Crippen molar-refractivity contribution in [3.63, 3.8) is 0 Å². The Kier molecular flexibility index (Phi) is 5.03. The molecule has 0 atom stereocenters. The molecule has 0 aliphatic carbocycles. The number of phenols is 1. The van der Waals surface area contributed by atoms with Crippen LogP contribution in [0, 0.1) is 12.3 Å². The van der Waals surface area contributed by atoms with Crippen molar-refractivity contribution in [1.82, 2.24) is 10.2 Å². The van der Waals surface area contributed by atoms with Crippen LogP contribution < -0.4 is 5.32 Å². The molecule has 4 heteroatoms. The normalized spacial score (nSPS) is 16.6. The minimum Gasteiger partial charge on any atom is -0.508 e. The van der Waals surface area contributed by atoms with Gasteiger partial charge in [-0.05, 0) is 49.5 Å². The van der Waals surface area contributed by atoms with Crippen LogP contribution in [0.3, 0.4) is 0 Å². The summed E-state index contributed by atoms with van der Waals surface area (Å²) in [6, 6.07) is 7.43. The molecule has 1 aromatic rings. The zero-order valence-electron chi connectivity index (χ0n) is 11.5. The maximum absolute atomic E-state index is 11.6. The Bertz CT molecular complexity index is 482. The molecule has 2 N–H and O–H groups in total. The van der Waals surface area contributed by atoms with Gasteiger partial charge < -0.3 is 10.4 Å². The van der Waals surface area contributed by atoms with Crippen molar-refractivity contribution in [2.75, 3.05) is 26.2 Å². The van der Waals surface area contributed by atoms with Gasteiger partial charge in [0.15, 0.2) is 0 Å². The van der Waals surface area contributed by atoms with Crippen LogP contribution in [0.5, 0.6) is 5.75 Å². The second kappa shape index (κ2) is 6.97. The number of aromatic hydroxyl groups is 1. The first-order valence-corrected chi connectivity index (χ1v) is 6.90. The van der Waals surface area contributed by atoms with E-state index in [1.807, 2.05) is 12.1 Å². The van der Waals surface area contributed by atoms with Crippen molar-refractivity contribution in [1.29, 1.82) is 0 Å². The number of rotatable bonds is 4. The summed E-state index contributed by atoms with van der Waals surface area (Å²) in [5.74, 6) is 3.21. The van der Waals surface area contributed by atoms with E-state index >= 15 is 0 Å². The van der Waals surface area contributed by atoms with E-state index in [9.17, 15) is 9.90 Å². The van der Waals surface area contributed by atoms with Crippen molar-refractivity contribution in [3.05, 3.63) is 29.8 Å². The van der Waals surface area contributed by atoms with Gasteiger partial charge in [0.05, 0.1) is 13.1 Å². The fourth-order valence-corrected chi connectivity index (χ4v) is 2.58. The molecule has 106 valence electrons. The number of amides is 1. The molecule has 20 heavy (non-hydrogen) atoms. The van der Waals surface area contributed by atoms with E-state index in [0.717, 1.165) is 25.9 Å². The predicted molar refractivity (Wildman–Crippen MR) is 78.4 cm³/mol. The molecule has 2 rings (SSSR count). The van der Waals surface area contributed by atoms with Gasteiger partial charge in [-0.2, -0.15) is 0 Å². The van der Waals surface area contributed by atoms with Gasteiger partial charge in [-0.25, -0.2) is 0 Å². The molecule has 0 aromatic heterocycles. The van der Waals surface area contributed by atoms with Crippen molar-refractivity contribution in [2.24, 2.45) is 0 Å². The summed E-state index contributed by atoms with van der Waals surface area (Å²) in [5.41, 5.74) is 1.26. The first-order valence-electron chi connectivity index (χ1n) is 6.90. The van der Waals surface area contributed by atoms with Gasteiger partial charge in [0.1, 0.15) is 5.75 Å². The monoisotopic (exact) mass is 272 g/mol. The Morgan fingerprint density at radius 1 is 1.35 bits per heavy atom. The molecule has 0 bridgehead atoms. The summed E-state index contributed by atoms with van der Waals surface area (Å²) >= 11 is 0. The lowest BCUT2D eigenvalue weighted by molar-refractivity contribution is -0.122. The standard InChI is InChI=1S/C16H20N2O2/c1-2-9-17-16(20)12-18-10-7-14(8-11-18)13-3-5-15(19)6-4-13/h1,3-6,14,19H,7-12H2,(H,17,20). The van der Waals surface area contributed by atoms with Gasteiger partial charge in [-0.3, -0.25) is 9.69 Å². The van der Waals surface area contributed by atoms with Crippen molar-refractivity contribution >= 4 is 5.91 Å². The minimum atomic E-state index is -0.00830. The number of likely N-dealkylation sites (tertiary alicyclic amines) is 1. The highest BCUT2D eigenvalue weighted by Gasteiger charge is 2.21. The summed E-state index contributed by atoms with van der Waals surface area (Å²) in [4.78, 5) is 13.7. The molecule has 0 radical (unpaired) electrons. The Morgan fingerprint density at radius 2 is 2.00 bits per heavy atom. The van der Waals surface area contributed by atoms with E-state index in [-0.39, 0.29) is 5.91 Å². The average Bonchev–Trinajstić information content (AvgIpc) is 2.47.